The highest BCUT2D eigenvalue weighted by Crippen LogP contribution is 2.23. The normalized spacial score (nSPS) is 11.4. The fourth-order valence-electron chi connectivity index (χ4n) is 2.27. The van der Waals surface area contributed by atoms with Crippen molar-refractivity contribution in [1.82, 2.24) is 5.32 Å². The van der Waals surface area contributed by atoms with Gasteiger partial charge in [0, 0.05) is 10.9 Å². The van der Waals surface area contributed by atoms with Gasteiger partial charge in [0.25, 0.3) is 5.91 Å². The standard InChI is InChI=1S/C16H25NOS/c1-6-19-14-10-8-7-9-13(14)16(18)17-15(11(2)3)12(4)5/h7-12,15H,6H2,1-5H3,(H,17,18). The largest absolute Gasteiger partial charge is 0.349 e. The molecule has 1 aromatic rings. The molecule has 0 heterocycles. The number of amides is 1. The first-order chi connectivity index (χ1) is 8.97. The maximum atomic E-state index is 12.4. The number of thioether (sulfide) groups is 1. The van der Waals surface area contributed by atoms with Crippen LogP contribution >= 0.6 is 11.8 Å². The van der Waals surface area contributed by atoms with Crippen LogP contribution in [0.3, 0.4) is 0 Å². The molecule has 0 unspecified atom stereocenters. The van der Waals surface area contributed by atoms with Crippen molar-refractivity contribution in [2.24, 2.45) is 11.8 Å². The molecule has 3 heteroatoms. The van der Waals surface area contributed by atoms with Gasteiger partial charge < -0.3 is 5.32 Å². The lowest BCUT2D eigenvalue weighted by atomic mass is 9.93. The van der Waals surface area contributed by atoms with Crippen molar-refractivity contribution in [3.8, 4) is 0 Å². The third-order valence-corrected chi connectivity index (χ3v) is 4.12. The second-order valence-electron chi connectivity index (χ2n) is 5.42. The zero-order valence-electron chi connectivity index (χ0n) is 12.6. The predicted octanol–water partition coefficient (Wildman–Crippen LogP) is 4.21. The molecule has 0 aliphatic carbocycles. The highest BCUT2D eigenvalue weighted by Gasteiger charge is 2.21. The molecule has 0 fully saturated rings. The summed E-state index contributed by atoms with van der Waals surface area (Å²) >= 11 is 1.71. The van der Waals surface area contributed by atoms with Gasteiger partial charge in [-0.2, -0.15) is 0 Å². The molecule has 106 valence electrons. The monoisotopic (exact) mass is 279 g/mol. The van der Waals surface area contributed by atoms with Gasteiger partial charge in [0.2, 0.25) is 0 Å². The summed E-state index contributed by atoms with van der Waals surface area (Å²) in [6.45, 7) is 10.7. The SMILES string of the molecule is CCSc1ccccc1C(=O)NC(C(C)C)C(C)C. The van der Waals surface area contributed by atoms with Crippen LogP contribution in [0.25, 0.3) is 0 Å². The van der Waals surface area contributed by atoms with Gasteiger partial charge in [-0.15, -0.1) is 11.8 Å². The summed E-state index contributed by atoms with van der Waals surface area (Å²) in [5.41, 5.74) is 0.792. The maximum absolute atomic E-state index is 12.4. The third-order valence-electron chi connectivity index (χ3n) is 3.17. The number of rotatable bonds is 6. The van der Waals surface area contributed by atoms with Gasteiger partial charge in [-0.3, -0.25) is 4.79 Å². The molecule has 1 amide bonds. The van der Waals surface area contributed by atoms with Gasteiger partial charge in [0.05, 0.1) is 5.56 Å². The summed E-state index contributed by atoms with van der Waals surface area (Å²) in [5, 5.41) is 3.18. The van der Waals surface area contributed by atoms with Gasteiger partial charge in [0.15, 0.2) is 0 Å². The van der Waals surface area contributed by atoms with Crippen LogP contribution in [0, 0.1) is 11.8 Å². The second-order valence-corrected chi connectivity index (χ2v) is 6.72. The molecular weight excluding hydrogens is 254 g/mol. The van der Waals surface area contributed by atoms with Crippen molar-refractivity contribution in [3.05, 3.63) is 29.8 Å². The van der Waals surface area contributed by atoms with E-state index in [4.69, 9.17) is 0 Å². The topological polar surface area (TPSA) is 29.1 Å². The molecule has 1 rings (SSSR count). The molecule has 0 aliphatic rings. The van der Waals surface area contributed by atoms with Crippen LogP contribution in [-0.2, 0) is 0 Å². The van der Waals surface area contributed by atoms with E-state index in [1.165, 1.54) is 0 Å². The van der Waals surface area contributed by atoms with Crippen LogP contribution in [0.4, 0.5) is 0 Å². The average Bonchev–Trinajstić information content (AvgIpc) is 2.36. The Balaban J connectivity index is 2.88. The molecule has 1 aromatic carbocycles. The highest BCUT2D eigenvalue weighted by molar-refractivity contribution is 7.99. The Morgan fingerprint density at radius 2 is 1.74 bits per heavy atom. The van der Waals surface area contributed by atoms with Crippen LogP contribution in [0.2, 0.25) is 0 Å². The van der Waals surface area contributed by atoms with E-state index in [1.807, 2.05) is 24.3 Å². The van der Waals surface area contributed by atoms with E-state index in [-0.39, 0.29) is 11.9 Å². The fourth-order valence-corrected chi connectivity index (χ4v) is 3.07. The summed E-state index contributed by atoms with van der Waals surface area (Å²) in [5.74, 6) is 1.90. The van der Waals surface area contributed by atoms with Gasteiger partial charge in [0.1, 0.15) is 0 Å². The van der Waals surface area contributed by atoms with E-state index in [0.717, 1.165) is 16.2 Å². The summed E-state index contributed by atoms with van der Waals surface area (Å²) in [6.07, 6.45) is 0. The first-order valence-electron chi connectivity index (χ1n) is 7.00. The summed E-state index contributed by atoms with van der Waals surface area (Å²) in [6, 6.07) is 8.05. The molecule has 2 nitrogen and oxygen atoms in total. The quantitative estimate of drug-likeness (QED) is 0.790. The molecule has 1 N–H and O–H groups in total. The molecule has 19 heavy (non-hydrogen) atoms. The number of carbonyl (C=O) groups excluding carboxylic acids is 1. The van der Waals surface area contributed by atoms with Crippen LogP contribution in [0.1, 0.15) is 45.0 Å². The first kappa shape index (κ1) is 16.1. The van der Waals surface area contributed by atoms with Crippen molar-refractivity contribution >= 4 is 17.7 Å². The lowest BCUT2D eigenvalue weighted by molar-refractivity contribution is 0.0907. The van der Waals surface area contributed by atoms with E-state index in [2.05, 4.69) is 39.9 Å². The molecule has 0 bridgehead atoms. The number of carbonyl (C=O) groups is 1. The molecular formula is C16H25NOS. The van der Waals surface area contributed by atoms with Crippen LogP contribution in [-0.4, -0.2) is 17.7 Å². The third kappa shape index (κ3) is 4.57. The second kappa shape index (κ2) is 7.59. The highest BCUT2D eigenvalue weighted by atomic mass is 32.2. The van der Waals surface area contributed by atoms with Crippen molar-refractivity contribution in [2.45, 2.75) is 45.6 Å². The number of hydrogen-bond acceptors (Lipinski definition) is 2. The average molecular weight is 279 g/mol. The lowest BCUT2D eigenvalue weighted by Crippen LogP contribution is -2.42. The first-order valence-corrected chi connectivity index (χ1v) is 7.98. The summed E-state index contributed by atoms with van der Waals surface area (Å²) in [7, 11) is 0. The van der Waals surface area contributed by atoms with E-state index in [1.54, 1.807) is 11.8 Å². The van der Waals surface area contributed by atoms with Gasteiger partial charge >= 0.3 is 0 Å². The van der Waals surface area contributed by atoms with E-state index >= 15 is 0 Å². The van der Waals surface area contributed by atoms with E-state index < -0.39 is 0 Å². The Morgan fingerprint density at radius 1 is 1.16 bits per heavy atom. The Morgan fingerprint density at radius 3 is 2.26 bits per heavy atom. The Bertz CT molecular complexity index is 407. The van der Waals surface area contributed by atoms with Gasteiger partial charge in [-0.05, 0) is 29.7 Å². The molecule has 0 aromatic heterocycles. The predicted molar refractivity (Wildman–Crippen MR) is 83.8 cm³/mol. The minimum atomic E-state index is 0.0453. The van der Waals surface area contributed by atoms with Crippen LogP contribution in [0.5, 0.6) is 0 Å². The van der Waals surface area contributed by atoms with Crippen LogP contribution in [0.15, 0.2) is 29.2 Å². The molecule has 0 spiro atoms. The number of hydrogen-bond donors (Lipinski definition) is 1. The number of nitrogens with one attached hydrogen (secondary N) is 1. The smallest absolute Gasteiger partial charge is 0.252 e. The Labute approximate surface area is 121 Å². The van der Waals surface area contributed by atoms with E-state index in [0.29, 0.717) is 11.8 Å². The fraction of sp³-hybridized carbons (Fsp3) is 0.562. The van der Waals surface area contributed by atoms with Crippen molar-refractivity contribution in [2.75, 3.05) is 5.75 Å². The minimum absolute atomic E-state index is 0.0453. The summed E-state index contributed by atoms with van der Waals surface area (Å²) in [4.78, 5) is 13.5. The van der Waals surface area contributed by atoms with Gasteiger partial charge in [-0.25, -0.2) is 0 Å². The molecule has 0 atom stereocenters. The lowest BCUT2D eigenvalue weighted by Gasteiger charge is -2.26. The maximum Gasteiger partial charge on any atom is 0.252 e. The molecule has 0 radical (unpaired) electrons. The minimum Gasteiger partial charge on any atom is -0.349 e. The zero-order valence-corrected chi connectivity index (χ0v) is 13.4. The van der Waals surface area contributed by atoms with E-state index in [9.17, 15) is 4.79 Å². The zero-order chi connectivity index (χ0) is 14.4. The molecule has 0 aliphatic heterocycles. The van der Waals surface area contributed by atoms with Crippen molar-refractivity contribution in [3.63, 3.8) is 0 Å². The van der Waals surface area contributed by atoms with Crippen molar-refractivity contribution < 1.29 is 4.79 Å². The van der Waals surface area contributed by atoms with Gasteiger partial charge in [-0.1, -0.05) is 46.8 Å². The van der Waals surface area contributed by atoms with Crippen molar-refractivity contribution in [1.29, 1.82) is 0 Å². The Hall–Kier alpha value is -0.960. The van der Waals surface area contributed by atoms with Crippen LogP contribution < -0.4 is 5.32 Å². The summed E-state index contributed by atoms with van der Waals surface area (Å²) < 4.78 is 0. The number of benzene rings is 1. The molecule has 0 saturated heterocycles. The Kier molecular flexibility index (Phi) is 6.43. The molecule has 0 saturated carbocycles.